The number of hydrogen-bond acceptors (Lipinski definition) is 5. The second-order valence-corrected chi connectivity index (χ2v) is 5.22. The molecule has 0 saturated heterocycles. The van der Waals surface area contributed by atoms with Crippen molar-refractivity contribution in [2.75, 3.05) is 5.32 Å². The number of fused-ring (bicyclic) bond motifs is 1. The normalized spacial score (nSPS) is 10.8. The smallest absolute Gasteiger partial charge is 0.294 e. The number of oxazole rings is 1. The number of amides is 1. The van der Waals surface area contributed by atoms with Gasteiger partial charge in [0.2, 0.25) is 5.76 Å². The van der Waals surface area contributed by atoms with Crippen LogP contribution in [0.3, 0.4) is 0 Å². The minimum atomic E-state index is -0.337. The molecule has 1 N–H and O–H groups in total. The minimum absolute atomic E-state index is 0.188. The number of aromatic nitrogens is 2. The highest BCUT2D eigenvalue weighted by atomic mass is 32.1. The first-order chi connectivity index (χ1) is 9.11. The molecule has 2 heterocycles. The molecule has 0 saturated carbocycles. The van der Waals surface area contributed by atoms with Crippen molar-refractivity contribution in [3.05, 3.63) is 41.6 Å². The van der Waals surface area contributed by atoms with Gasteiger partial charge in [-0.15, -0.1) is 0 Å². The maximum atomic E-state index is 11.9. The van der Waals surface area contributed by atoms with Crippen molar-refractivity contribution in [2.45, 2.75) is 13.8 Å². The first-order valence-electron chi connectivity index (χ1n) is 5.73. The lowest BCUT2D eigenvalue weighted by Gasteiger charge is -1.95. The van der Waals surface area contributed by atoms with E-state index in [2.05, 4.69) is 15.3 Å². The van der Waals surface area contributed by atoms with Crippen molar-refractivity contribution < 1.29 is 9.21 Å². The number of benzene rings is 1. The van der Waals surface area contributed by atoms with Crippen LogP contribution in [0.4, 0.5) is 5.13 Å². The van der Waals surface area contributed by atoms with Crippen LogP contribution >= 0.6 is 11.3 Å². The van der Waals surface area contributed by atoms with Crippen molar-refractivity contribution in [1.82, 2.24) is 9.97 Å². The Morgan fingerprint density at radius 2 is 2.21 bits per heavy atom. The summed E-state index contributed by atoms with van der Waals surface area (Å²) < 4.78 is 6.21. The molecule has 19 heavy (non-hydrogen) atoms. The summed E-state index contributed by atoms with van der Waals surface area (Å²) in [4.78, 5) is 20.1. The molecule has 1 amide bonds. The lowest BCUT2D eigenvalue weighted by Crippen LogP contribution is -2.10. The summed E-state index contributed by atoms with van der Waals surface area (Å²) in [7, 11) is 0. The molecule has 6 heteroatoms. The van der Waals surface area contributed by atoms with Crippen molar-refractivity contribution >= 4 is 32.6 Å². The van der Waals surface area contributed by atoms with E-state index in [-0.39, 0.29) is 11.7 Å². The summed E-state index contributed by atoms with van der Waals surface area (Å²) in [5.41, 5.74) is 2.04. The number of nitrogens with zero attached hydrogens (tertiary/aromatic N) is 2. The molecule has 0 radical (unpaired) electrons. The highest BCUT2D eigenvalue weighted by Crippen LogP contribution is 2.26. The first kappa shape index (κ1) is 11.9. The maximum absolute atomic E-state index is 11.9. The number of hydrogen-bond donors (Lipinski definition) is 1. The van der Waals surface area contributed by atoms with Crippen LogP contribution in [0.25, 0.3) is 10.2 Å². The standard InChI is InChI=1S/C13H11N3O2S/c1-7-3-4-9-11(5-7)19-13(15-9)16-12(17)10-6-14-8(2)18-10/h3-6H,1-2H3,(H,15,16,17). The highest BCUT2D eigenvalue weighted by molar-refractivity contribution is 7.22. The summed E-state index contributed by atoms with van der Waals surface area (Å²) in [6.07, 6.45) is 1.40. The van der Waals surface area contributed by atoms with Crippen LogP contribution in [-0.4, -0.2) is 15.9 Å². The monoisotopic (exact) mass is 273 g/mol. The summed E-state index contributed by atoms with van der Waals surface area (Å²) in [6.45, 7) is 3.71. The predicted octanol–water partition coefficient (Wildman–Crippen LogP) is 3.15. The molecule has 5 nitrogen and oxygen atoms in total. The third kappa shape index (κ3) is 2.34. The molecular weight excluding hydrogens is 262 g/mol. The van der Waals surface area contributed by atoms with E-state index in [1.807, 2.05) is 25.1 Å². The van der Waals surface area contributed by atoms with Crippen LogP contribution < -0.4 is 5.32 Å². The zero-order valence-electron chi connectivity index (χ0n) is 10.4. The molecule has 1 aromatic carbocycles. The number of aryl methyl sites for hydroxylation is 2. The molecule has 0 aliphatic heterocycles. The van der Waals surface area contributed by atoms with Gasteiger partial charge >= 0.3 is 0 Å². The first-order valence-corrected chi connectivity index (χ1v) is 6.54. The molecule has 2 aromatic heterocycles. The Hall–Kier alpha value is -2.21. The van der Waals surface area contributed by atoms with Crippen LogP contribution in [0.5, 0.6) is 0 Å². The van der Waals surface area contributed by atoms with Crippen LogP contribution in [-0.2, 0) is 0 Å². The van der Waals surface area contributed by atoms with Crippen LogP contribution in [0.15, 0.2) is 28.8 Å². The number of carbonyl (C=O) groups is 1. The Kier molecular flexibility index (Phi) is 2.79. The Morgan fingerprint density at radius 1 is 1.37 bits per heavy atom. The van der Waals surface area contributed by atoms with Gasteiger partial charge in [-0.05, 0) is 24.6 Å². The molecule has 0 fully saturated rings. The Labute approximate surface area is 113 Å². The van der Waals surface area contributed by atoms with E-state index in [0.717, 1.165) is 10.2 Å². The average Bonchev–Trinajstić information content (AvgIpc) is 2.94. The van der Waals surface area contributed by atoms with Gasteiger partial charge in [0, 0.05) is 6.92 Å². The second-order valence-electron chi connectivity index (χ2n) is 4.19. The van der Waals surface area contributed by atoms with E-state index < -0.39 is 0 Å². The van der Waals surface area contributed by atoms with Gasteiger partial charge < -0.3 is 4.42 Å². The Morgan fingerprint density at radius 3 is 2.95 bits per heavy atom. The quantitative estimate of drug-likeness (QED) is 0.778. The van der Waals surface area contributed by atoms with E-state index in [1.165, 1.54) is 23.1 Å². The van der Waals surface area contributed by atoms with Gasteiger partial charge in [-0.25, -0.2) is 9.97 Å². The minimum Gasteiger partial charge on any atom is -0.436 e. The number of rotatable bonds is 2. The number of carbonyl (C=O) groups excluding carboxylic acids is 1. The van der Waals surface area contributed by atoms with Gasteiger partial charge in [0.15, 0.2) is 11.0 Å². The Balaban J connectivity index is 1.87. The van der Waals surface area contributed by atoms with Crippen LogP contribution in [0.2, 0.25) is 0 Å². The largest absolute Gasteiger partial charge is 0.436 e. The molecule has 0 aliphatic carbocycles. The zero-order valence-corrected chi connectivity index (χ0v) is 11.2. The fraction of sp³-hybridized carbons (Fsp3) is 0.154. The molecule has 0 atom stereocenters. The predicted molar refractivity (Wildman–Crippen MR) is 73.6 cm³/mol. The van der Waals surface area contributed by atoms with E-state index in [1.54, 1.807) is 6.92 Å². The van der Waals surface area contributed by atoms with Gasteiger partial charge in [0.05, 0.1) is 16.4 Å². The molecule has 96 valence electrons. The van der Waals surface area contributed by atoms with E-state index in [0.29, 0.717) is 11.0 Å². The molecule has 3 rings (SSSR count). The molecule has 0 unspecified atom stereocenters. The number of anilines is 1. The van der Waals surface area contributed by atoms with Gasteiger partial charge in [-0.3, -0.25) is 10.1 Å². The lowest BCUT2D eigenvalue weighted by atomic mass is 10.2. The molecule has 0 spiro atoms. The van der Waals surface area contributed by atoms with Gasteiger partial charge in [0.1, 0.15) is 0 Å². The number of nitrogens with one attached hydrogen (secondary N) is 1. The third-order valence-electron chi connectivity index (χ3n) is 2.61. The van der Waals surface area contributed by atoms with Gasteiger partial charge in [-0.2, -0.15) is 0 Å². The maximum Gasteiger partial charge on any atom is 0.294 e. The third-order valence-corrected chi connectivity index (χ3v) is 3.54. The van der Waals surface area contributed by atoms with Gasteiger partial charge in [-0.1, -0.05) is 17.4 Å². The number of thiazole rings is 1. The van der Waals surface area contributed by atoms with Crippen LogP contribution in [0, 0.1) is 13.8 Å². The van der Waals surface area contributed by atoms with Crippen molar-refractivity contribution in [1.29, 1.82) is 0 Å². The van der Waals surface area contributed by atoms with Crippen molar-refractivity contribution in [2.24, 2.45) is 0 Å². The molecule has 0 aliphatic rings. The Bertz CT molecular complexity index is 760. The summed E-state index contributed by atoms with van der Waals surface area (Å²) in [5, 5.41) is 3.27. The average molecular weight is 273 g/mol. The van der Waals surface area contributed by atoms with E-state index >= 15 is 0 Å². The highest BCUT2D eigenvalue weighted by Gasteiger charge is 2.13. The summed E-state index contributed by atoms with van der Waals surface area (Å²) >= 11 is 1.44. The van der Waals surface area contributed by atoms with Crippen molar-refractivity contribution in [3.63, 3.8) is 0 Å². The SMILES string of the molecule is Cc1ccc2nc(NC(=O)c3cnc(C)o3)sc2c1. The van der Waals surface area contributed by atoms with Gasteiger partial charge in [0.25, 0.3) is 5.91 Å². The zero-order chi connectivity index (χ0) is 13.4. The van der Waals surface area contributed by atoms with E-state index in [4.69, 9.17) is 4.42 Å². The molecular formula is C13H11N3O2S. The van der Waals surface area contributed by atoms with Crippen molar-refractivity contribution in [3.8, 4) is 0 Å². The van der Waals surface area contributed by atoms with E-state index in [9.17, 15) is 4.79 Å². The lowest BCUT2D eigenvalue weighted by molar-refractivity contribution is 0.0995. The topological polar surface area (TPSA) is 68.0 Å². The van der Waals surface area contributed by atoms with Crippen LogP contribution in [0.1, 0.15) is 22.0 Å². The molecule has 3 aromatic rings. The summed E-state index contributed by atoms with van der Waals surface area (Å²) in [5.74, 6) is 0.314. The fourth-order valence-corrected chi connectivity index (χ4v) is 2.67. The fourth-order valence-electron chi connectivity index (χ4n) is 1.71. The molecule has 0 bridgehead atoms. The second kappa shape index (κ2) is 4.47. The summed E-state index contributed by atoms with van der Waals surface area (Å²) in [6, 6.07) is 5.98.